The van der Waals surface area contributed by atoms with Gasteiger partial charge in [-0.2, -0.15) is 0 Å². The van der Waals surface area contributed by atoms with Crippen LogP contribution in [0.1, 0.15) is 69.4 Å². The van der Waals surface area contributed by atoms with Gasteiger partial charge in [-0.1, -0.05) is 84.0 Å². The molecule has 43 heavy (non-hydrogen) atoms. The molecule has 0 bridgehead atoms. The van der Waals surface area contributed by atoms with Gasteiger partial charge in [0.05, 0.1) is 9.79 Å². The van der Waals surface area contributed by atoms with Gasteiger partial charge in [0.25, 0.3) is 20.0 Å². The molecule has 0 saturated heterocycles. The first-order chi connectivity index (χ1) is 19.8. The standard InChI is InChI=1S/C18H23NO2S.C17H21NO2S/c1-13-7-6-8-16(11-13)22(20,21)19-15-9-10-17(14(2)12-15)18(3,4)5;1-13-12-14(10-11-16(13)17(2,3)4)18-21(19,20)15-8-6-5-7-9-15/h6-12,19H,1-5H3;5-12,18H,1-4H3. The molecule has 0 spiro atoms. The van der Waals surface area contributed by atoms with Crippen LogP contribution in [-0.4, -0.2) is 16.8 Å². The maximum absolute atomic E-state index is 12.4. The van der Waals surface area contributed by atoms with Crippen molar-refractivity contribution in [2.75, 3.05) is 9.44 Å². The summed E-state index contributed by atoms with van der Waals surface area (Å²) in [6, 6.07) is 26.6. The average molecular weight is 621 g/mol. The number of sulfonamides is 2. The lowest BCUT2D eigenvalue weighted by Crippen LogP contribution is -2.15. The quantitative estimate of drug-likeness (QED) is 0.226. The lowest BCUT2D eigenvalue weighted by Gasteiger charge is -2.22. The first-order valence-electron chi connectivity index (χ1n) is 14.2. The molecule has 0 atom stereocenters. The van der Waals surface area contributed by atoms with Gasteiger partial charge in [-0.25, -0.2) is 16.8 Å². The minimum absolute atomic E-state index is 0.0397. The van der Waals surface area contributed by atoms with E-state index in [4.69, 9.17) is 0 Å². The zero-order valence-electron chi connectivity index (χ0n) is 26.6. The minimum Gasteiger partial charge on any atom is -0.280 e. The summed E-state index contributed by atoms with van der Waals surface area (Å²) in [5, 5.41) is 0. The van der Waals surface area contributed by atoms with Gasteiger partial charge in [-0.3, -0.25) is 9.44 Å². The molecule has 0 heterocycles. The van der Waals surface area contributed by atoms with Gasteiger partial charge in [0.2, 0.25) is 0 Å². The summed E-state index contributed by atoms with van der Waals surface area (Å²) in [6.45, 7) is 18.7. The van der Waals surface area contributed by atoms with Gasteiger partial charge in [0, 0.05) is 11.4 Å². The van der Waals surface area contributed by atoms with Gasteiger partial charge in [-0.05, 0) is 108 Å². The topological polar surface area (TPSA) is 92.3 Å². The van der Waals surface area contributed by atoms with Crippen molar-refractivity contribution in [3.05, 3.63) is 119 Å². The molecule has 0 unspecified atom stereocenters. The highest BCUT2D eigenvalue weighted by Crippen LogP contribution is 2.29. The lowest BCUT2D eigenvalue weighted by atomic mass is 9.84. The number of hydrogen-bond donors (Lipinski definition) is 2. The van der Waals surface area contributed by atoms with Crippen molar-refractivity contribution in [1.29, 1.82) is 0 Å². The van der Waals surface area contributed by atoms with Crippen LogP contribution in [0.3, 0.4) is 0 Å². The summed E-state index contributed by atoms with van der Waals surface area (Å²) >= 11 is 0. The summed E-state index contributed by atoms with van der Waals surface area (Å²) < 4.78 is 54.7. The van der Waals surface area contributed by atoms with Crippen LogP contribution in [0, 0.1) is 20.8 Å². The molecule has 230 valence electrons. The van der Waals surface area contributed by atoms with Crippen molar-refractivity contribution in [2.45, 2.75) is 82.9 Å². The first-order valence-corrected chi connectivity index (χ1v) is 17.2. The first kappa shape index (κ1) is 33.9. The average Bonchev–Trinajstić information content (AvgIpc) is 2.88. The third kappa shape index (κ3) is 9.18. The molecule has 0 fully saturated rings. The fourth-order valence-electron chi connectivity index (χ4n) is 4.95. The van der Waals surface area contributed by atoms with E-state index in [1.165, 1.54) is 11.1 Å². The molecule has 0 saturated carbocycles. The van der Waals surface area contributed by atoms with Crippen molar-refractivity contribution in [2.24, 2.45) is 0 Å². The fourth-order valence-corrected chi connectivity index (χ4v) is 7.17. The van der Waals surface area contributed by atoms with Crippen molar-refractivity contribution >= 4 is 31.4 Å². The molecule has 0 aromatic heterocycles. The third-order valence-electron chi connectivity index (χ3n) is 6.93. The number of hydrogen-bond acceptors (Lipinski definition) is 4. The highest BCUT2D eigenvalue weighted by molar-refractivity contribution is 7.93. The van der Waals surface area contributed by atoms with E-state index in [9.17, 15) is 16.8 Å². The predicted molar refractivity (Wildman–Crippen MR) is 179 cm³/mol. The summed E-state index contributed by atoms with van der Waals surface area (Å²) in [5.41, 5.74) is 6.77. The molecular weight excluding hydrogens is 577 g/mol. The molecule has 0 aliphatic rings. The summed E-state index contributed by atoms with van der Waals surface area (Å²) in [4.78, 5) is 0.549. The molecular formula is C35H44N2O4S2. The summed E-state index contributed by atoms with van der Waals surface area (Å²) in [5.74, 6) is 0. The maximum Gasteiger partial charge on any atom is 0.261 e. The van der Waals surface area contributed by atoms with E-state index >= 15 is 0 Å². The van der Waals surface area contributed by atoms with E-state index in [2.05, 4.69) is 51.0 Å². The Labute approximate surface area is 258 Å². The number of rotatable bonds is 6. The minimum atomic E-state index is -3.55. The molecule has 0 radical (unpaired) electrons. The smallest absolute Gasteiger partial charge is 0.261 e. The lowest BCUT2D eigenvalue weighted by molar-refractivity contribution is 0.586. The highest BCUT2D eigenvalue weighted by atomic mass is 32.2. The van der Waals surface area contributed by atoms with E-state index < -0.39 is 20.0 Å². The molecule has 2 N–H and O–H groups in total. The highest BCUT2D eigenvalue weighted by Gasteiger charge is 2.20. The van der Waals surface area contributed by atoms with Gasteiger partial charge in [0.15, 0.2) is 0 Å². The van der Waals surface area contributed by atoms with Gasteiger partial charge >= 0.3 is 0 Å². The second-order valence-corrected chi connectivity index (χ2v) is 16.3. The molecule has 4 aromatic carbocycles. The number of benzene rings is 4. The predicted octanol–water partition coefficient (Wildman–Crippen LogP) is 8.50. The molecule has 4 aromatic rings. The Balaban J connectivity index is 0.000000236. The van der Waals surface area contributed by atoms with Crippen molar-refractivity contribution < 1.29 is 16.8 Å². The second-order valence-electron chi connectivity index (χ2n) is 12.9. The second kappa shape index (κ2) is 12.9. The van der Waals surface area contributed by atoms with E-state index in [-0.39, 0.29) is 20.6 Å². The monoisotopic (exact) mass is 620 g/mol. The third-order valence-corrected chi connectivity index (χ3v) is 9.70. The Morgan fingerprint density at radius 2 is 0.907 bits per heavy atom. The van der Waals surface area contributed by atoms with Crippen LogP contribution in [0.15, 0.2) is 101 Å². The molecule has 0 amide bonds. The Morgan fingerprint density at radius 1 is 0.488 bits per heavy atom. The fraction of sp³-hybridized carbons (Fsp3) is 0.314. The van der Waals surface area contributed by atoms with E-state index in [0.717, 1.165) is 16.7 Å². The SMILES string of the molecule is Cc1cc(NS(=O)(=O)c2ccccc2)ccc1C(C)(C)C.Cc1cccc(S(=O)(=O)Nc2ccc(C(C)(C)C)c(C)c2)c1. The maximum atomic E-state index is 12.4. The Bertz CT molecular complexity index is 1780. The van der Waals surface area contributed by atoms with Crippen LogP contribution in [0.5, 0.6) is 0 Å². The normalized spacial score (nSPS) is 12.2. The van der Waals surface area contributed by atoms with Gasteiger partial charge < -0.3 is 0 Å². The largest absolute Gasteiger partial charge is 0.280 e. The Morgan fingerprint density at radius 3 is 1.30 bits per heavy atom. The van der Waals surface area contributed by atoms with Crippen LogP contribution in [0.4, 0.5) is 11.4 Å². The van der Waals surface area contributed by atoms with E-state index in [1.54, 1.807) is 48.5 Å². The zero-order chi connectivity index (χ0) is 32.2. The van der Waals surface area contributed by atoms with Crippen LogP contribution in [0.2, 0.25) is 0 Å². The number of nitrogens with one attached hydrogen (secondary N) is 2. The Kier molecular flexibility index (Phi) is 10.2. The van der Waals surface area contributed by atoms with E-state index in [1.807, 2.05) is 63.2 Å². The van der Waals surface area contributed by atoms with Crippen molar-refractivity contribution in [3.63, 3.8) is 0 Å². The number of aryl methyl sites for hydroxylation is 3. The van der Waals surface area contributed by atoms with Crippen molar-refractivity contribution in [1.82, 2.24) is 0 Å². The molecule has 4 rings (SSSR count). The molecule has 0 aliphatic carbocycles. The molecule has 6 nitrogen and oxygen atoms in total. The number of anilines is 2. The van der Waals surface area contributed by atoms with Gasteiger partial charge in [-0.15, -0.1) is 0 Å². The van der Waals surface area contributed by atoms with Crippen LogP contribution < -0.4 is 9.44 Å². The Hall–Kier alpha value is -3.62. The van der Waals surface area contributed by atoms with Crippen LogP contribution in [0.25, 0.3) is 0 Å². The summed E-state index contributed by atoms with van der Waals surface area (Å²) in [7, 11) is -7.08. The molecule has 8 heteroatoms. The van der Waals surface area contributed by atoms with Crippen molar-refractivity contribution in [3.8, 4) is 0 Å². The molecule has 0 aliphatic heterocycles. The van der Waals surface area contributed by atoms with Crippen LogP contribution >= 0.6 is 0 Å². The van der Waals surface area contributed by atoms with E-state index in [0.29, 0.717) is 11.4 Å². The van der Waals surface area contributed by atoms with Gasteiger partial charge in [0.1, 0.15) is 0 Å². The summed E-state index contributed by atoms with van der Waals surface area (Å²) in [6.07, 6.45) is 0. The van der Waals surface area contributed by atoms with Crippen LogP contribution in [-0.2, 0) is 30.9 Å². The zero-order valence-corrected chi connectivity index (χ0v) is 28.2.